The standard InChI is InChI=1S/C10H13NO2.C7H11NO2/c12-9-6-7-10(13)11(9)8-4-2-1-3-5-8;1-2-7(9)8-3-5-10-6-4-8/h6-8H,1-5H2;2H,1,3-6H2. The number of morpholine rings is 1. The van der Waals surface area contributed by atoms with Crippen LogP contribution in [-0.2, 0) is 19.1 Å². The van der Waals surface area contributed by atoms with Crippen LogP contribution in [0.2, 0.25) is 0 Å². The minimum absolute atomic E-state index is 0.00306. The van der Waals surface area contributed by atoms with Crippen LogP contribution in [0.15, 0.2) is 24.8 Å². The Bertz CT molecular complexity index is 471. The van der Waals surface area contributed by atoms with E-state index >= 15 is 0 Å². The summed E-state index contributed by atoms with van der Waals surface area (Å²) in [5.41, 5.74) is 0. The second-order valence-corrected chi connectivity index (χ2v) is 5.81. The molecule has 2 fully saturated rings. The Kier molecular flexibility index (Phi) is 6.52. The van der Waals surface area contributed by atoms with Crippen LogP contribution in [0, 0.1) is 0 Å². The van der Waals surface area contributed by atoms with Crippen molar-refractivity contribution in [2.45, 2.75) is 38.1 Å². The van der Waals surface area contributed by atoms with E-state index < -0.39 is 0 Å². The smallest absolute Gasteiger partial charge is 0.253 e. The van der Waals surface area contributed by atoms with Gasteiger partial charge in [0.1, 0.15) is 0 Å². The van der Waals surface area contributed by atoms with Gasteiger partial charge in [-0.3, -0.25) is 19.3 Å². The number of rotatable bonds is 2. The van der Waals surface area contributed by atoms with Crippen LogP contribution in [0.3, 0.4) is 0 Å². The molecule has 2 heterocycles. The highest BCUT2D eigenvalue weighted by atomic mass is 16.5. The average Bonchev–Trinajstić information content (AvgIpc) is 2.95. The molecule has 0 unspecified atom stereocenters. The number of imide groups is 1. The number of hydrogen-bond acceptors (Lipinski definition) is 4. The Morgan fingerprint density at radius 3 is 2.17 bits per heavy atom. The van der Waals surface area contributed by atoms with Gasteiger partial charge >= 0.3 is 0 Å². The molecule has 0 aromatic carbocycles. The van der Waals surface area contributed by atoms with E-state index in [0.717, 1.165) is 25.7 Å². The van der Waals surface area contributed by atoms with Gasteiger partial charge in [-0.2, -0.15) is 0 Å². The largest absolute Gasteiger partial charge is 0.378 e. The summed E-state index contributed by atoms with van der Waals surface area (Å²) >= 11 is 0. The van der Waals surface area contributed by atoms with Crippen molar-refractivity contribution < 1.29 is 19.1 Å². The summed E-state index contributed by atoms with van der Waals surface area (Å²) in [6, 6.07) is 0.170. The third-order valence-electron chi connectivity index (χ3n) is 4.28. The molecule has 3 amide bonds. The average molecular weight is 320 g/mol. The van der Waals surface area contributed by atoms with Gasteiger partial charge in [-0.25, -0.2) is 0 Å². The van der Waals surface area contributed by atoms with Gasteiger partial charge in [-0.1, -0.05) is 25.8 Å². The van der Waals surface area contributed by atoms with E-state index in [1.807, 2.05) is 0 Å². The first-order valence-electron chi connectivity index (χ1n) is 8.18. The molecule has 0 spiro atoms. The van der Waals surface area contributed by atoms with Gasteiger partial charge in [0.2, 0.25) is 5.91 Å². The minimum atomic E-state index is -0.128. The number of carbonyl (C=O) groups is 3. The van der Waals surface area contributed by atoms with Gasteiger partial charge in [0, 0.05) is 31.3 Å². The zero-order valence-corrected chi connectivity index (χ0v) is 13.4. The molecule has 2 aliphatic heterocycles. The minimum Gasteiger partial charge on any atom is -0.378 e. The number of ether oxygens (including phenoxy) is 1. The van der Waals surface area contributed by atoms with Crippen LogP contribution in [0.4, 0.5) is 0 Å². The maximum Gasteiger partial charge on any atom is 0.253 e. The Hall–Kier alpha value is -1.95. The molecule has 3 aliphatic rings. The summed E-state index contributed by atoms with van der Waals surface area (Å²) in [7, 11) is 0. The quantitative estimate of drug-likeness (QED) is 0.568. The highest BCUT2D eigenvalue weighted by Crippen LogP contribution is 2.24. The highest BCUT2D eigenvalue weighted by Gasteiger charge is 2.31. The fourth-order valence-corrected chi connectivity index (χ4v) is 3.02. The van der Waals surface area contributed by atoms with E-state index in [4.69, 9.17) is 4.74 Å². The Morgan fingerprint density at radius 2 is 1.65 bits per heavy atom. The first kappa shape index (κ1) is 17.4. The third kappa shape index (κ3) is 4.76. The van der Waals surface area contributed by atoms with Gasteiger partial charge in [-0.05, 0) is 18.9 Å². The summed E-state index contributed by atoms with van der Waals surface area (Å²) in [5.74, 6) is -0.253. The SMILES string of the molecule is C=CC(=O)N1CCOCC1.O=C1C=CC(=O)N1C1CCCCC1. The van der Waals surface area contributed by atoms with Crippen LogP contribution in [0.5, 0.6) is 0 Å². The van der Waals surface area contributed by atoms with Gasteiger partial charge in [0.15, 0.2) is 0 Å². The zero-order valence-electron chi connectivity index (χ0n) is 13.4. The van der Waals surface area contributed by atoms with Gasteiger partial charge < -0.3 is 9.64 Å². The number of amides is 3. The lowest BCUT2D eigenvalue weighted by Crippen LogP contribution is -2.41. The molecule has 1 aliphatic carbocycles. The third-order valence-corrected chi connectivity index (χ3v) is 4.28. The molecular weight excluding hydrogens is 296 g/mol. The van der Waals surface area contributed by atoms with E-state index in [9.17, 15) is 14.4 Å². The van der Waals surface area contributed by atoms with Crippen molar-refractivity contribution in [2.75, 3.05) is 26.3 Å². The molecule has 6 heteroatoms. The van der Waals surface area contributed by atoms with E-state index in [1.165, 1.54) is 29.5 Å². The van der Waals surface area contributed by atoms with Gasteiger partial charge in [-0.15, -0.1) is 0 Å². The second kappa shape index (κ2) is 8.62. The Morgan fingerprint density at radius 1 is 1.09 bits per heavy atom. The molecule has 6 nitrogen and oxygen atoms in total. The summed E-state index contributed by atoms with van der Waals surface area (Å²) in [4.78, 5) is 36.7. The fraction of sp³-hybridized carbons (Fsp3) is 0.588. The summed E-state index contributed by atoms with van der Waals surface area (Å²) < 4.78 is 5.07. The van der Waals surface area contributed by atoms with E-state index in [-0.39, 0.29) is 23.8 Å². The Labute approximate surface area is 136 Å². The molecule has 0 bridgehead atoms. The predicted octanol–water partition coefficient (Wildman–Crippen LogP) is 1.28. The van der Waals surface area contributed by atoms with Crippen molar-refractivity contribution in [3.05, 3.63) is 24.8 Å². The van der Waals surface area contributed by atoms with E-state index in [0.29, 0.717) is 26.3 Å². The molecule has 0 atom stereocenters. The van der Waals surface area contributed by atoms with E-state index in [2.05, 4.69) is 6.58 Å². The van der Waals surface area contributed by atoms with Crippen LogP contribution in [-0.4, -0.2) is 59.9 Å². The van der Waals surface area contributed by atoms with Gasteiger partial charge in [0.05, 0.1) is 13.2 Å². The summed E-state index contributed by atoms with van der Waals surface area (Å²) in [5, 5.41) is 0. The second-order valence-electron chi connectivity index (χ2n) is 5.81. The van der Waals surface area contributed by atoms with Crippen LogP contribution >= 0.6 is 0 Å². The van der Waals surface area contributed by atoms with Crippen LogP contribution in [0.1, 0.15) is 32.1 Å². The topological polar surface area (TPSA) is 66.9 Å². The van der Waals surface area contributed by atoms with E-state index in [1.54, 1.807) is 4.90 Å². The number of nitrogens with zero attached hydrogens (tertiary/aromatic N) is 2. The molecule has 126 valence electrons. The lowest BCUT2D eigenvalue weighted by atomic mass is 9.94. The molecule has 1 saturated heterocycles. The monoisotopic (exact) mass is 320 g/mol. The maximum atomic E-state index is 11.3. The lowest BCUT2D eigenvalue weighted by Gasteiger charge is -2.29. The fourth-order valence-electron chi connectivity index (χ4n) is 3.02. The Balaban J connectivity index is 0.000000174. The van der Waals surface area contributed by atoms with Crippen molar-refractivity contribution in [1.29, 1.82) is 0 Å². The van der Waals surface area contributed by atoms with Crippen molar-refractivity contribution in [3.63, 3.8) is 0 Å². The molecule has 0 aromatic rings. The molecule has 23 heavy (non-hydrogen) atoms. The molecule has 3 rings (SSSR count). The molecule has 1 saturated carbocycles. The van der Waals surface area contributed by atoms with Crippen molar-refractivity contribution in [1.82, 2.24) is 9.80 Å². The number of hydrogen-bond donors (Lipinski definition) is 0. The summed E-state index contributed by atoms with van der Waals surface area (Å²) in [6.07, 6.45) is 9.57. The van der Waals surface area contributed by atoms with Crippen molar-refractivity contribution in [3.8, 4) is 0 Å². The molecule has 0 radical (unpaired) electrons. The lowest BCUT2D eigenvalue weighted by molar-refractivity contribution is -0.140. The first-order valence-corrected chi connectivity index (χ1v) is 8.18. The molecule has 0 aromatic heterocycles. The maximum absolute atomic E-state index is 11.3. The van der Waals surface area contributed by atoms with Crippen LogP contribution in [0.25, 0.3) is 0 Å². The van der Waals surface area contributed by atoms with Gasteiger partial charge in [0.25, 0.3) is 11.8 Å². The first-order chi connectivity index (χ1) is 11.1. The van der Waals surface area contributed by atoms with Crippen molar-refractivity contribution >= 4 is 17.7 Å². The summed E-state index contributed by atoms with van der Waals surface area (Å²) in [6.45, 7) is 6.11. The van der Waals surface area contributed by atoms with Crippen LogP contribution < -0.4 is 0 Å². The molecular formula is C17H24N2O4. The highest BCUT2D eigenvalue weighted by molar-refractivity contribution is 6.13. The zero-order chi connectivity index (χ0) is 16.7. The van der Waals surface area contributed by atoms with Crippen molar-refractivity contribution in [2.24, 2.45) is 0 Å². The normalized spacial score (nSPS) is 21.9. The molecule has 0 N–H and O–H groups in total. The number of carbonyl (C=O) groups excluding carboxylic acids is 3. The predicted molar refractivity (Wildman–Crippen MR) is 85.5 cm³/mol.